The van der Waals surface area contributed by atoms with Crippen molar-refractivity contribution in [1.29, 1.82) is 0 Å². The zero-order valence-electron chi connectivity index (χ0n) is 15.5. The molecule has 0 saturated carbocycles. The van der Waals surface area contributed by atoms with E-state index in [9.17, 15) is 4.79 Å². The van der Waals surface area contributed by atoms with Crippen molar-refractivity contribution in [2.24, 2.45) is 11.0 Å². The number of nitrogens with one attached hydrogen (secondary N) is 1. The first-order valence-corrected chi connectivity index (χ1v) is 9.41. The molecule has 0 unspecified atom stereocenters. The summed E-state index contributed by atoms with van der Waals surface area (Å²) in [5, 5.41) is 4.57. The highest BCUT2D eigenvalue weighted by Gasteiger charge is 2.05. The molecule has 0 aliphatic rings. The molecule has 1 aromatic heterocycles. The van der Waals surface area contributed by atoms with Crippen LogP contribution in [0.15, 0.2) is 40.6 Å². The molecule has 0 aliphatic heterocycles. The molecule has 1 heterocycles. The lowest BCUT2D eigenvalue weighted by atomic mass is 10.2. The Hall–Kier alpha value is -2.41. The van der Waals surface area contributed by atoms with Gasteiger partial charge < -0.3 is 4.74 Å². The van der Waals surface area contributed by atoms with Crippen molar-refractivity contribution < 1.29 is 9.53 Å². The van der Waals surface area contributed by atoms with Crippen LogP contribution >= 0.6 is 11.8 Å². The number of carbonyl (C=O) groups is 1. The van der Waals surface area contributed by atoms with E-state index in [2.05, 4.69) is 34.3 Å². The number of rotatable bonds is 8. The van der Waals surface area contributed by atoms with Crippen LogP contribution in [0.5, 0.6) is 5.75 Å². The molecule has 0 atom stereocenters. The number of ether oxygens (including phenoxy) is 1. The maximum Gasteiger partial charge on any atom is 0.250 e. The molecule has 2 rings (SSSR count). The van der Waals surface area contributed by atoms with Gasteiger partial charge in [-0.2, -0.15) is 5.10 Å². The molecule has 2 aromatic rings. The lowest BCUT2D eigenvalue weighted by Gasteiger charge is -2.08. The van der Waals surface area contributed by atoms with Crippen molar-refractivity contribution in [1.82, 2.24) is 15.4 Å². The molecule has 0 aliphatic carbocycles. The standard InChI is InChI=1S/C19H24N4O2S/c1-13(2)11-25-17-7-5-16(6-8-17)10-20-23-18(24)12-26-19-21-14(3)9-15(4)22-19/h5-10,13H,11-12H2,1-4H3,(H,23,24)/b20-10-. The summed E-state index contributed by atoms with van der Waals surface area (Å²) >= 11 is 1.29. The van der Waals surface area contributed by atoms with E-state index in [0.29, 0.717) is 17.7 Å². The lowest BCUT2D eigenvalue weighted by Crippen LogP contribution is -2.19. The highest BCUT2D eigenvalue weighted by Crippen LogP contribution is 2.14. The number of carbonyl (C=O) groups excluding carboxylic acids is 1. The van der Waals surface area contributed by atoms with Crippen molar-refractivity contribution >= 4 is 23.9 Å². The molecule has 26 heavy (non-hydrogen) atoms. The van der Waals surface area contributed by atoms with Crippen LogP contribution in [0.1, 0.15) is 30.8 Å². The van der Waals surface area contributed by atoms with E-state index < -0.39 is 0 Å². The first-order valence-electron chi connectivity index (χ1n) is 8.42. The second kappa shape index (κ2) is 9.91. The zero-order valence-corrected chi connectivity index (χ0v) is 16.3. The van der Waals surface area contributed by atoms with Gasteiger partial charge in [-0.3, -0.25) is 4.79 Å². The van der Waals surface area contributed by atoms with Crippen LogP contribution in [0.25, 0.3) is 0 Å². The maximum atomic E-state index is 11.9. The van der Waals surface area contributed by atoms with Crippen molar-refractivity contribution in [3.63, 3.8) is 0 Å². The minimum absolute atomic E-state index is 0.203. The van der Waals surface area contributed by atoms with E-state index >= 15 is 0 Å². The van der Waals surface area contributed by atoms with E-state index in [1.165, 1.54) is 11.8 Å². The third-order valence-electron chi connectivity index (χ3n) is 3.16. The number of hydrazone groups is 1. The van der Waals surface area contributed by atoms with Crippen LogP contribution in [-0.4, -0.2) is 34.4 Å². The van der Waals surface area contributed by atoms with Crippen LogP contribution in [0.2, 0.25) is 0 Å². The monoisotopic (exact) mass is 372 g/mol. The highest BCUT2D eigenvalue weighted by molar-refractivity contribution is 7.99. The first kappa shape index (κ1) is 19.9. The highest BCUT2D eigenvalue weighted by atomic mass is 32.2. The normalized spacial score (nSPS) is 11.1. The summed E-state index contributed by atoms with van der Waals surface area (Å²) in [6.45, 7) is 8.71. The van der Waals surface area contributed by atoms with Crippen molar-refractivity contribution in [3.05, 3.63) is 47.3 Å². The van der Waals surface area contributed by atoms with Gasteiger partial charge in [-0.25, -0.2) is 15.4 Å². The summed E-state index contributed by atoms with van der Waals surface area (Å²) in [6, 6.07) is 9.46. The third-order valence-corrected chi connectivity index (χ3v) is 4.01. The topological polar surface area (TPSA) is 76.5 Å². The Morgan fingerprint density at radius 1 is 1.23 bits per heavy atom. The van der Waals surface area contributed by atoms with Gasteiger partial charge >= 0.3 is 0 Å². The number of nitrogens with zero attached hydrogens (tertiary/aromatic N) is 3. The van der Waals surface area contributed by atoms with Gasteiger partial charge in [0.2, 0.25) is 0 Å². The summed E-state index contributed by atoms with van der Waals surface area (Å²) in [6.07, 6.45) is 1.60. The summed E-state index contributed by atoms with van der Waals surface area (Å²) in [5.41, 5.74) is 5.17. The average Bonchev–Trinajstić information content (AvgIpc) is 2.58. The number of benzene rings is 1. The summed E-state index contributed by atoms with van der Waals surface area (Å²) in [4.78, 5) is 20.4. The van der Waals surface area contributed by atoms with Crippen LogP contribution in [-0.2, 0) is 4.79 Å². The molecule has 0 fully saturated rings. The van der Waals surface area contributed by atoms with Gasteiger partial charge in [0.15, 0.2) is 5.16 Å². The molecule has 0 bridgehead atoms. The van der Waals surface area contributed by atoms with Crippen molar-refractivity contribution in [3.8, 4) is 5.75 Å². The molecule has 0 spiro atoms. The Kier molecular flexibility index (Phi) is 7.59. The van der Waals surface area contributed by atoms with Crippen LogP contribution in [0.4, 0.5) is 0 Å². The quantitative estimate of drug-likeness (QED) is 0.333. The second-order valence-electron chi connectivity index (χ2n) is 6.29. The number of aromatic nitrogens is 2. The maximum absolute atomic E-state index is 11.9. The molecular weight excluding hydrogens is 348 g/mol. The van der Waals surface area contributed by atoms with E-state index in [1.54, 1.807) is 6.21 Å². The lowest BCUT2D eigenvalue weighted by molar-refractivity contribution is -0.118. The SMILES string of the molecule is Cc1cc(C)nc(SCC(=O)N/N=C\c2ccc(OCC(C)C)cc2)n1. The van der Waals surface area contributed by atoms with Gasteiger partial charge in [-0.15, -0.1) is 0 Å². The largest absolute Gasteiger partial charge is 0.493 e. The van der Waals surface area contributed by atoms with E-state index in [-0.39, 0.29) is 11.7 Å². The average molecular weight is 372 g/mol. The molecule has 1 aromatic carbocycles. The minimum Gasteiger partial charge on any atom is -0.493 e. The van der Waals surface area contributed by atoms with Gasteiger partial charge in [0.05, 0.1) is 18.6 Å². The molecule has 138 valence electrons. The second-order valence-corrected chi connectivity index (χ2v) is 7.23. The summed E-state index contributed by atoms with van der Waals surface area (Å²) < 4.78 is 5.63. The number of hydrogen-bond acceptors (Lipinski definition) is 6. The van der Waals surface area contributed by atoms with Gasteiger partial charge in [0.25, 0.3) is 5.91 Å². The Morgan fingerprint density at radius 3 is 2.50 bits per heavy atom. The van der Waals surface area contributed by atoms with Crippen LogP contribution < -0.4 is 10.2 Å². The molecule has 7 heteroatoms. The van der Waals surface area contributed by atoms with Crippen LogP contribution in [0.3, 0.4) is 0 Å². The fourth-order valence-corrected chi connectivity index (χ4v) is 2.75. The minimum atomic E-state index is -0.203. The van der Waals surface area contributed by atoms with Crippen molar-refractivity contribution in [2.45, 2.75) is 32.9 Å². The number of thioether (sulfide) groups is 1. The first-order chi connectivity index (χ1) is 12.4. The third kappa shape index (κ3) is 7.23. The Labute approximate surface area is 158 Å². The molecule has 6 nitrogen and oxygen atoms in total. The van der Waals surface area contributed by atoms with Gasteiger partial charge in [-0.1, -0.05) is 25.6 Å². The van der Waals surface area contributed by atoms with Gasteiger partial charge in [0.1, 0.15) is 5.75 Å². The summed E-state index contributed by atoms with van der Waals surface area (Å²) in [7, 11) is 0. The van der Waals surface area contributed by atoms with Crippen molar-refractivity contribution in [2.75, 3.05) is 12.4 Å². The number of aryl methyl sites for hydroxylation is 2. The molecule has 1 amide bonds. The Balaban J connectivity index is 1.77. The van der Waals surface area contributed by atoms with E-state index in [0.717, 1.165) is 22.7 Å². The molecular formula is C19H24N4O2S. The Bertz CT molecular complexity index is 740. The smallest absolute Gasteiger partial charge is 0.250 e. The number of amides is 1. The van der Waals surface area contributed by atoms with E-state index in [4.69, 9.17) is 4.74 Å². The fraction of sp³-hybridized carbons (Fsp3) is 0.368. The summed E-state index contributed by atoms with van der Waals surface area (Å²) in [5.74, 6) is 1.32. The predicted octanol–water partition coefficient (Wildman–Crippen LogP) is 3.37. The van der Waals surface area contributed by atoms with Crippen LogP contribution in [0, 0.1) is 19.8 Å². The zero-order chi connectivity index (χ0) is 18.9. The van der Waals surface area contributed by atoms with Gasteiger partial charge in [0, 0.05) is 11.4 Å². The molecule has 0 saturated heterocycles. The van der Waals surface area contributed by atoms with Gasteiger partial charge in [-0.05, 0) is 55.7 Å². The molecule has 1 N–H and O–H groups in total. The predicted molar refractivity (Wildman–Crippen MR) is 105 cm³/mol. The fourth-order valence-electron chi connectivity index (χ4n) is 2.01. The molecule has 0 radical (unpaired) electrons. The van der Waals surface area contributed by atoms with E-state index in [1.807, 2.05) is 44.2 Å². The number of hydrogen-bond donors (Lipinski definition) is 1. The Morgan fingerprint density at radius 2 is 1.88 bits per heavy atom.